The summed E-state index contributed by atoms with van der Waals surface area (Å²) >= 11 is 1.77. The van der Waals surface area contributed by atoms with E-state index in [1.54, 1.807) is 52.7 Å². The number of amides is 1. The molecule has 1 amide bonds. The number of hydrogen-bond acceptors (Lipinski definition) is 5. The van der Waals surface area contributed by atoms with Crippen molar-refractivity contribution in [3.05, 3.63) is 70.2 Å². The molecule has 0 radical (unpaired) electrons. The summed E-state index contributed by atoms with van der Waals surface area (Å²) in [5.74, 6) is 0.668. The molecule has 1 atom stereocenters. The molecular formula is C20H21N3O3S. The van der Waals surface area contributed by atoms with Gasteiger partial charge >= 0.3 is 0 Å². The molecular weight excluding hydrogens is 362 g/mol. The van der Waals surface area contributed by atoms with Crippen LogP contribution in [0.3, 0.4) is 0 Å². The molecule has 0 fully saturated rings. The lowest BCUT2D eigenvalue weighted by atomic mass is 10.1. The number of carbonyl (C=O) groups excluding carboxylic acids is 1. The Labute approximate surface area is 161 Å². The summed E-state index contributed by atoms with van der Waals surface area (Å²) in [5, 5.41) is 16.2. The SMILES string of the molecule is O=C(c1ccc(OCC(O)Cn2cccn2)cc1)N1CCc2sccc2C1. The van der Waals surface area contributed by atoms with Gasteiger partial charge in [-0.2, -0.15) is 5.10 Å². The molecule has 0 aliphatic carbocycles. The highest BCUT2D eigenvalue weighted by Crippen LogP contribution is 2.25. The van der Waals surface area contributed by atoms with E-state index in [4.69, 9.17) is 4.74 Å². The van der Waals surface area contributed by atoms with Gasteiger partial charge in [-0.05, 0) is 53.8 Å². The van der Waals surface area contributed by atoms with Crippen LogP contribution in [-0.2, 0) is 19.5 Å². The molecule has 0 saturated heterocycles. The number of fused-ring (bicyclic) bond motifs is 1. The number of nitrogens with zero attached hydrogens (tertiary/aromatic N) is 3. The number of aromatic nitrogens is 2. The van der Waals surface area contributed by atoms with Crippen molar-refractivity contribution in [3.63, 3.8) is 0 Å². The lowest BCUT2D eigenvalue weighted by Crippen LogP contribution is -2.35. The lowest BCUT2D eigenvalue weighted by Gasteiger charge is -2.27. The topological polar surface area (TPSA) is 67.6 Å². The number of benzene rings is 1. The Morgan fingerprint density at radius 2 is 2.15 bits per heavy atom. The second-order valence-corrected chi connectivity index (χ2v) is 7.56. The molecule has 4 rings (SSSR count). The Bertz CT molecular complexity index is 890. The number of hydrogen-bond donors (Lipinski definition) is 1. The molecule has 3 heterocycles. The molecule has 3 aromatic rings. The number of ether oxygens (including phenoxy) is 1. The molecule has 140 valence electrons. The average Bonchev–Trinajstić information content (AvgIpc) is 3.37. The summed E-state index contributed by atoms with van der Waals surface area (Å²) < 4.78 is 7.28. The maximum absolute atomic E-state index is 12.7. The maximum Gasteiger partial charge on any atom is 0.254 e. The summed E-state index contributed by atoms with van der Waals surface area (Å²) in [6.45, 7) is 1.98. The minimum atomic E-state index is -0.653. The third-order valence-corrected chi connectivity index (χ3v) is 5.62. The van der Waals surface area contributed by atoms with E-state index in [1.165, 1.54) is 10.4 Å². The average molecular weight is 383 g/mol. The Morgan fingerprint density at radius 1 is 1.30 bits per heavy atom. The second-order valence-electron chi connectivity index (χ2n) is 6.56. The third-order valence-electron chi connectivity index (χ3n) is 4.60. The van der Waals surface area contributed by atoms with Crippen LogP contribution in [0.15, 0.2) is 54.2 Å². The summed E-state index contributed by atoms with van der Waals surface area (Å²) in [5.41, 5.74) is 1.91. The largest absolute Gasteiger partial charge is 0.491 e. The monoisotopic (exact) mass is 383 g/mol. The van der Waals surface area contributed by atoms with Crippen molar-refractivity contribution in [2.24, 2.45) is 0 Å². The van der Waals surface area contributed by atoms with Crippen molar-refractivity contribution in [1.29, 1.82) is 0 Å². The molecule has 27 heavy (non-hydrogen) atoms. The van der Waals surface area contributed by atoms with E-state index in [2.05, 4.69) is 16.5 Å². The zero-order valence-corrected chi connectivity index (χ0v) is 15.6. The van der Waals surface area contributed by atoms with Crippen molar-refractivity contribution in [2.75, 3.05) is 13.2 Å². The molecule has 0 spiro atoms. The predicted molar refractivity (Wildman–Crippen MR) is 103 cm³/mol. The van der Waals surface area contributed by atoms with Crippen LogP contribution in [0.25, 0.3) is 0 Å². The quantitative estimate of drug-likeness (QED) is 0.710. The lowest BCUT2D eigenvalue weighted by molar-refractivity contribution is 0.0735. The molecule has 1 aliphatic heterocycles. The van der Waals surface area contributed by atoms with Gasteiger partial charge in [-0.15, -0.1) is 11.3 Å². The van der Waals surface area contributed by atoms with Gasteiger partial charge in [-0.25, -0.2) is 0 Å². The highest BCUT2D eigenvalue weighted by atomic mass is 32.1. The van der Waals surface area contributed by atoms with Crippen LogP contribution in [-0.4, -0.2) is 44.9 Å². The fourth-order valence-corrected chi connectivity index (χ4v) is 4.06. The van der Waals surface area contributed by atoms with Gasteiger partial charge < -0.3 is 14.7 Å². The van der Waals surface area contributed by atoms with Gasteiger partial charge in [0.2, 0.25) is 0 Å². The zero-order chi connectivity index (χ0) is 18.6. The van der Waals surface area contributed by atoms with Gasteiger partial charge in [-0.1, -0.05) is 0 Å². The van der Waals surface area contributed by atoms with Gasteiger partial charge in [0.15, 0.2) is 0 Å². The number of aliphatic hydroxyl groups is 1. The van der Waals surface area contributed by atoms with Crippen molar-refractivity contribution in [3.8, 4) is 5.75 Å². The summed E-state index contributed by atoms with van der Waals surface area (Å²) in [6, 6.07) is 11.0. The third kappa shape index (κ3) is 4.20. The van der Waals surface area contributed by atoms with Crippen LogP contribution < -0.4 is 4.74 Å². The summed E-state index contributed by atoms with van der Waals surface area (Å²) in [6.07, 6.45) is 3.74. The standard InChI is InChI=1S/C20H21N3O3S/c24-17(13-23-9-1-8-21-23)14-26-18-4-2-15(3-5-18)20(25)22-10-6-19-16(12-22)7-11-27-19/h1-5,7-9,11,17,24H,6,10,12-14H2. The van der Waals surface area contributed by atoms with E-state index in [9.17, 15) is 9.90 Å². The fraction of sp³-hybridized carbons (Fsp3) is 0.300. The summed E-state index contributed by atoms with van der Waals surface area (Å²) in [4.78, 5) is 16.0. The highest BCUT2D eigenvalue weighted by Gasteiger charge is 2.22. The second kappa shape index (κ2) is 7.94. The minimum absolute atomic E-state index is 0.0390. The van der Waals surface area contributed by atoms with Crippen LogP contribution in [0.1, 0.15) is 20.8 Å². The van der Waals surface area contributed by atoms with Crippen LogP contribution in [0.2, 0.25) is 0 Å². The predicted octanol–water partition coefficient (Wildman–Crippen LogP) is 2.58. The molecule has 6 nitrogen and oxygen atoms in total. The number of rotatable bonds is 6. The van der Waals surface area contributed by atoms with E-state index >= 15 is 0 Å². The van der Waals surface area contributed by atoms with Crippen LogP contribution in [0, 0.1) is 0 Å². The first kappa shape index (κ1) is 17.8. The fourth-order valence-electron chi connectivity index (χ4n) is 3.17. The van der Waals surface area contributed by atoms with Crippen molar-refractivity contribution in [1.82, 2.24) is 14.7 Å². The molecule has 1 N–H and O–H groups in total. The molecule has 2 aromatic heterocycles. The first-order chi connectivity index (χ1) is 13.2. The number of aliphatic hydroxyl groups excluding tert-OH is 1. The molecule has 1 aliphatic rings. The number of carbonyl (C=O) groups is 1. The zero-order valence-electron chi connectivity index (χ0n) is 14.8. The molecule has 0 bridgehead atoms. The Morgan fingerprint density at radius 3 is 2.93 bits per heavy atom. The highest BCUT2D eigenvalue weighted by molar-refractivity contribution is 7.10. The first-order valence-corrected chi connectivity index (χ1v) is 9.80. The normalized spacial score (nSPS) is 14.6. The van der Waals surface area contributed by atoms with Gasteiger partial charge in [0, 0.05) is 35.9 Å². The van der Waals surface area contributed by atoms with E-state index in [1.807, 2.05) is 11.0 Å². The first-order valence-electron chi connectivity index (χ1n) is 8.92. The smallest absolute Gasteiger partial charge is 0.254 e. The number of thiophene rings is 1. The van der Waals surface area contributed by atoms with Crippen LogP contribution >= 0.6 is 11.3 Å². The van der Waals surface area contributed by atoms with Gasteiger partial charge in [0.05, 0.1) is 6.54 Å². The van der Waals surface area contributed by atoms with Crippen molar-refractivity contribution >= 4 is 17.2 Å². The van der Waals surface area contributed by atoms with Gasteiger partial charge in [0.1, 0.15) is 18.5 Å². The Balaban J connectivity index is 1.31. The maximum atomic E-state index is 12.7. The Hall–Kier alpha value is -2.64. The summed E-state index contributed by atoms with van der Waals surface area (Å²) in [7, 11) is 0. The van der Waals surface area contributed by atoms with Crippen LogP contribution in [0.5, 0.6) is 5.75 Å². The van der Waals surface area contributed by atoms with E-state index in [0.717, 1.165) is 13.0 Å². The molecule has 0 saturated carbocycles. The molecule has 1 unspecified atom stereocenters. The Kier molecular flexibility index (Phi) is 5.22. The van der Waals surface area contributed by atoms with Crippen molar-refractivity contribution < 1.29 is 14.6 Å². The molecule has 7 heteroatoms. The van der Waals surface area contributed by atoms with E-state index in [-0.39, 0.29) is 12.5 Å². The minimum Gasteiger partial charge on any atom is -0.491 e. The van der Waals surface area contributed by atoms with Crippen LogP contribution in [0.4, 0.5) is 0 Å². The van der Waals surface area contributed by atoms with E-state index < -0.39 is 6.10 Å². The molecule has 1 aromatic carbocycles. The van der Waals surface area contributed by atoms with Gasteiger partial charge in [-0.3, -0.25) is 9.48 Å². The van der Waals surface area contributed by atoms with Gasteiger partial charge in [0.25, 0.3) is 5.91 Å². The van der Waals surface area contributed by atoms with Crippen molar-refractivity contribution in [2.45, 2.75) is 25.6 Å². The van der Waals surface area contributed by atoms with E-state index in [0.29, 0.717) is 24.4 Å².